The number of aryl methyl sites for hydroxylation is 1. The molecule has 1 aromatic carbocycles. The molecule has 0 aliphatic rings. The summed E-state index contributed by atoms with van der Waals surface area (Å²) in [5, 5.41) is 13.4. The first-order valence-electron chi connectivity index (χ1n) is 5.94. The third-order valence-electron chi connectivity index (χ3n) is 2.82. The van der Waals surface area contributed by atoms with Crippen LogP contribution in [0.5, 0.6) is 0 Å². The van der Waals surface area contributed by atoms with Gasteiger partial charge in [0.1, 0.15) is 5.69 Å². The molecule has 1 amide bonds. The minimum absolute atomic E-state index is 0.139. The second-order valence-corrected chi connectivity index (χ2v) is 5.61. The average molecular weight is 265 g/mol. The highest BCUT2D eigenvalue weighted by atomic mass is 16.6. The van der Waals surface area contributed by atoms with Gasteiger partial charge < -0.3 is 11.1 Å². The van der Waals surface area contributed by atoms with Crippen molar-refractivity contribution in [3.05, 3.63) is 33.9 Å². The van der Waals surface area contributed by atoms with Crippen LogP contribution in [0.2, 0.25) is 0 Å². The van der Waals surface area contributed by atoms with Gasteiger partial charge in [0, 0.05) is 6.07 Å². The average Bonchev–Trinajstić information content (AvgIpc) is 2.26. The number of carbonyl (C=O) groups excluding carboxylic acids is 1. The van der Waals surface area contributed by atoms with Crippen LogP contribution in [0.3, 0.4) is 0 Å². The normalized spacial score (nSPS) is 12.9. The summed E-state index contributed by atoms with van der Waals surface area (Å²) in [6.07, 6.45) is 0. The van der Waals surface area contributed by atoms with Crippen LogP contribution in [0.15, 0.2) is 18.2 Å². The van der Waals surface area contributed by atoms with Crippen molar-refractivity contribution in [2.24, 2.45) is 11.1 Å². The standard InChI is InChI=1S/C13H19N3O3/c1-8-5-6-10(16(18)19)9(7-8)15-12(17)11(14)13(2,3)4/h5-7,11H,14H2,1-4H3,(H,15,17)/t11-/m1/s1. The van der Waals surface area contributed by atoms with E-state index in [1.54, 1.807) is 19.1 Å². The molecule has 0 heterocycles. The largest absolute Gasteiger partial charge is 0.319 e. The molecule has 0 saturated heterocycles. The molecule has 6 heteroatoms. The van der Waals surface area contributed by atoms with E-state index < -0.39 is 22.3 Å². The molecule has 6 nitrogen and oxygen atoms in total. The summed E-state index contributed by atoms with van der Waals surface area (Å²) in [6, 6.07) is 3.81. The fourth-order valence-corrected chi connectivity index (χ4v) is 1.51. The van der Waals surface area contributed by atoms with Gasteiger partial charge in [-0.25, -0.2) is 0 Å². The van der Waals surface area contributed by atoms with Gasteiger partial charge in [-0.05, 0) is 24.0 Å². The fourth-order valence-electron chi connectivity index (χ4n) is 1.51. The van der Waals surface area contributed by atoms with Gasteiger partial charge in [0.05, 0.1) is 11.0 Å². The molecule has 0 radical (unpaired) electrons. The van der Waals surface area contributed by atoms with Gasteiger partial charge in [-0.1, -0.05) is 26.8 Å². The van der Waals surface area contributed by atoms with E-state index in [9.17, 15) is 14.9 Å². The van der Waals surface area contributed by atoms with E-state index >= 15 is 0 Å². The number of carbonyl (C=O) groups is 1. The number of nitrogens with two attached hydrogens (primary N) is 1. The number of hydrogen-bond donors (Lipinski definition) is 2. The van der Waals surface area contributed by atoms with Gasteiger partial charge in [0.25, 0.3) is 5.69 Å². The number of nitrogens with one attached hydrogen (secondary N) is 1. The van der Waals surface area contributed by atoms with E-state index in [0.717, 1.165) is 5.56 Å². The molecule has 0 fully saturated rings. The molecule has 0 aromatic heterocycles. The topological polar surface area (TPSA) is 98.3 Å². The molecule has 1 rings (SSSR count). The summed E-state index contributed by atoms with van der Waals surface area (Å²) in [5.41, 5.74) is 6.27. The minimum Gasteiger partial charge on any atom is -0.319 e. The number of nitro groups is 1. The Hall–Kier alpha value is -1.95. The molecular weight excluding hydrogens is 246 g/mol. The third-order valence-corrected chi connectivity index (χ3v) is 2.82. The lowest BCUT2D eigenvalue weighted by Gasteiger charge is -2.25. The van der Waals surface area contributed by atoms with Crippen molar-refractivity contribution in [1.82, 2.24) is 0 Å². The summed E-state index contributed by atoms with van der Waals surface area (Å²) in [6.45, 7) is 7.30. The van der Waals surface area contributed by atoms with Gasteiger partial charge >= 0.3 is 0 Å². The fraction of sp³-hybridized carbons (Fsp3) is 0.462. The SMILES string of the molecule is Cc1ccc([N+](=O)[O-])c(NC(=O)[C@@H](N)C(C)(C)C)c1. The number of anilines is 1. The zero-order valence-corrected chi connectivity index (χ0v) is 11.6. The van der Waals surface area contributed by atoms with Crippen molar-refractivity contribution >= 4 is 17.3 Å². The van der Waals surface area contributed by atoms with Crippen LogP contribution in [0, 0.1) is 22.5 Å². The first kappa shape index (κ1) is 15.1. The Labute approximate surface area is 112 Å². The maximum Gasteiger partial charge on any atom is 0.292 e. The number of hydrogen-bond acceptors (Lipinski definition) is 4. The van der Waals surface area contributed by atoms with Crippen molar-refractivity contribution < 1.29 is 9.72 Å². The Morgan fingerprint density at radius 2 is 2.00 bits per heavy atom. The molecule has 3 N–H and O–H groups in total. The van der Waals surface area contributed by atoms with E-state index in [-0.39, 0.29) is 11.4 Å². The molecule has 0 bridgehead atoms. The van der Waals surface area contributed by atoms with Crippen molar-refractivity contribution in [2.45, 2.75) is 33.7 Å². The minimum atomic E-state index is -0.743. The Kier molecular flexibility index (Phi) is 4.26. The lowest BCUT2D eigenvalue weighted by Crippen LogP contribution is -2.45. The van der Waals surface area contributed by atoms with Gasteiger partial charge in [-0.15, -0.1) is 0 Å². The van der Waals surface area contributed by atoms with Crippen LogP contribution < -0.4 is 11.1 Å². The van der Waals surface area contributed by atoms with E-state index in [0.29, 0.717) is 0 Å². The molecular formula is C13H19N3O3. The summed E-state index contributed by atoms with van der Waals surface area (Å²) in [4.78, 5) is 22.4. The summed E-state index contributed by atoms with van der Waals surface area (Å²) < 4.78 is 0. The third kappa shape index (κ3) is 3.75. The lowest BCUT2D eigenvalue weighted by molar-refractivity contribution is -0.383. The van der Waals surface area contributed by atoms with Crippen LogP contribution in [0.1, 0.15) is 26.3 Å². The molecule has 19 heavy (non-hydrogen) atoms. The number of nitro benzene ring substituents is 1. The summed E-state index contributed by atoms with van der Waals surface area (Å²) >= 11 is 0. The number of rotatable bonds is 3. The van der Waals surface area contributed by atoms with E-state index in [1.165, 1.54) is 6.07 Å². The highest BCUT2D eigenvalue weighted by Gasteiger charge is 2.28. The lowest BCUT2D eigenvalue weighted by atomic mass is 9.87. The Balaban J connectivity index is 3.02. The molecule has 1 aromatic rings. The second-order valence-electron chi connectivity index (χ2n) is 5.61. The molecule has 0 saturated carbocycles. The summed E-state index contributed by atoms with van der Waals surface area (Å²) in [5.74, 6) is -0.429. The predicted octanol–water partition coefficient (Wildman–Crippen LogP) is 2.22. The zero-order valence-electron chi connectivity index (χ0n) is 11.6. The van der Waals surface area contributed by atoms with Crippen LogP contribution in [-0.2, 0) is 4.79 Å². The van der Waals surface area contributed by atoms with Gasteiger partial charge in [-0.3, -0.25) is 14.9 Å². The number of amides is 1. The Morgan fingerprint density at radius 3 is 2.47 bits per heavy atom. The number of benzene rings is 1. The maximum atomic E-state index is 12.0. The molecule has 0 aliphatic heterocycles. The van der Waals surface area contributed by atoms with Crippen molar-refractivity contribution in [2.75, 3.05) is 5.32 Å². The van der Waals surface area contributed by atoms with E-state index in [2.05, 4.69) is 5.32 Å². The second kappa shape index (κ2) is 5.36. The molecule has 1 atom stereocenters. The summed E-state index contributed by atoms with van der Waals surface area (Å²) in [7, 11) is 0. The predicted molar refractivity (Wildman–Crippen MR) is 73.9 cm³/mol. The monoisotopic (exact) mass is 265 g/mol. The Bertz CT molecular complexity index is 506. The quantitative estimate of drug-likeness (QED) is 0.646. The van der Waals surface area contributed by atoms with Crippen LogP contribution in [-0.4, -0.2) is 16.9 Å². The first-order valence-corrected chi connectivity index (χ1v) is 5.94. The maximum absolute atomic E-state index is 12.0. The van der Waals surface area contributed by atoms with Crippen LogP contribution in [0.25, 0.3) is 0 Å². The van der Waals surface area contributed by atoms with Crippen molar-refractivity contribution in [1.29, 1.82) is 0 Å². The van der Waals surface area contributed by atoms with Gasteiger partial charge in [0.15, 0.2) is 0 Å². The molecule has 104 valence electrons. The van der Waals surface area contributed by atoms with Crippen LogP contribution >= 0.6 is 0 Å². The molecule has 0 aliphatic carbocycles. The smallest absolute Gasteiger partial charge is 0.292 e. The first-order chi connectivity index (χ1) is 8.62. The van der Waals surface area contributed by atoms with Gasteiger partial charge in [-0.2, -0.15) is 0 Å². The van der Waals surface area contributed by atoms with Crippen LogP contribution in [0.4, 0.5) is 11.4 Å². The van der Waals surface area contributed by atoms with E-state index in [4.69, 9.17) is 5.73 Å². The van der Waals surface area contributed by atoms with Crippen molar-refractivity contribution in [3.63, 3.8) is 0 Å². The Morgan fingerprint density at radius 1 is 1.42 bits per heavy atom. The zero-order chi connectivity index (χ0) is 14.8. The highest BCUT2D eigenvalue weighted by molar-refractivity contribution is 5.97. The van der Waals surface area contributed by atoms with Gasteiger partial charge in [0.2, 0.25) is 5.91 Å². The van der Waals surface area contributed by atoms with E-state index in [1.807, 2.05) is 20.8 Å². The van der Waals surface area contributed by atoms with Crippen molar-refractivity contribution in [3.8, 4) is 0 Å². The number of nitrogens with zero attached hydrogens (tertiary/aromatic N) is 1. The molecule has 0 spiro atoms. The highest BCUT2D eigenvalue weighted by Crippen LogP contribution is 2.26. The molecule has 0 unspecified atom stereocenters.